The number of unbranched alkanes of at least 4 members (excludes halogenated alkanes) is 2. The highest BCUT2D eigenvalue weighted by atomic mass is 32.2. The van der Waals surface area contributed by atoms with Crippen LogP contribution in [0, 0.1) is 23.7 Å². The van der Waals surface area contributed by atoms with Gasteiger partial charge in [0.15, 0.2) is 17.3 Å². The molecule has 0 unspecified atom stereocenters. The maximum atomic E-state index is 16.5. The van der Waals surface area contributed by atoms with Crippen LogP contribution in [0.1, 0.15) is 219 Å². The van der Waals surface area contributed by atoms with E-state index in [2.05, 4.69) is 21.3 Å². The number of thioether (sulfide) groups is 1. The summed E-state index contributed by atoms with van der Waals surface area (Å²) in [5, 5.41) is 12.7. The summed E-state index contributed by atoms with van der Waals surface area (Å²) in [7, 11) is 2.97. The van der Waals surface area contributed by atoms with Crippen molar-refractivity contribution in [3.05, 3.63) is 239 Å². The number of nitrogens with zero attached hydrogens (tertiary/aromatic N) is 4. The summed E-state index contributed by atoms with van der Waals surface area (Å²) < 4.78 is 25.4. The van der Waals surface area contributed by atoms with Gasteiger partial charge < -0.3 is 50.0 Å². The van der Waals surface area contributed by atoms with Crippen LogP contribution in [0.15, 0.2) is 200 Å². The molecule has 0 bridgehead atoms. The van der Waals surface area contributed by atoms with Crippen molar-refractivity contribution in [1.82, 2.24) is 40.2 Å². The fourth-order valence-electron chi connectivity index (χ4n) is 17.0. The minimum absolute atomic E-state index is 0.0759. The first-order valence-electron chi connectivity index (χ1n) is 45.6. The molecule has 7 atom stereocenters. The monoisotopic (exact) mass is 1790 g/mol. The highest BCUT2D eigenvalue weighted by Crippen LogP contribution is 2.50. The van der Waals surface area contributed by atoms with Gasteiger partial charge >= 0.3 is 24.2 Å². The van der Waals surface area contributed by atoms with Crippen LogP contribution in [-0.2, 0) is 79.7 Å². The summed E-state index contributed by atoms with van der Waals surface area (Å²) in [5.41, 5.74) is 5.74. The number of hydrogen-bond acceptors (Lipinski definition) is 17. The first kappa shape index (κ1) is 100. The van der Waals surface area contributed by atoms with Gasteiger partial charge in [-0.2, -0.15) is 0 Å². The number of fused-ring (bicyclic) bond motifs is 5. The molecule has 2 aromatic heterocycles. The Morgan fingerprint density at radius 2 is 0.900 bits per heavy atom. The van der Waals surface area contributed by atoms with Gasteiger partial charge in [0.2, 0.25) is 29.5 Å². The van der Waals surface area contributed by atoms with Crippen molar-refractivity contribution in [3.63, 3.8) is 0 Å². The highest BCUT2D eigenvalue weighted by molar-refractivity contribution is 8.00. The predicted molar refractivity (Wildman–Crippen MR) is 508 cm³/mol. The van der Waals surface area contributed by atoms with E-state index in [0.29, 0.717) is 58.6 Å². The standard InChI is InChI=1S/C105H130N8O16S/c1-17-20-51-89(96(120)109-86(57-68(4)5)92(116)61-73(94(118)107-63-77(114)19-3)67-130-105(74-39-25-22-26-40-74,75-41-27-23-28-42-75)76-43-29-24-30-44-76)110(15)98(122)90(52-21-18-2)111(16)97(121)70(59-72-65-113(101(125)129-104(12,13)14)88-54-38-36-46-79(72)88)60-91(115)85(55-56-106-99(123)127-102(6,7)8)108-95(119)69(58-71-64-112(100(124)128-103(9,10)11)87-53-37-35-45-78(71)87)62-93(117)126-66-84-82-49-33-31-47-80(82)81-48-32-34-50-83(81)84/h22-50,53-54,64-65,68-70,73,84-86,89-90H,17-21,51-52,55-63,66-67H2,1-16H3,(H,106,123)(H,107,118)(H,108,119)(H,109,120)/t69-,70-,73+,85+,86+,89+,90+/m1/s1. The van der Waals surface area contributed by atoms with Crippen molar-refractivity contribution in [2.45, 2.75) is 238 Å². The van der Waals surface area contributed by atoms with Gasteiger partial charge in [-0.05, 0) is 169 Å². The van der Waals surface area contributed by atoms with Crippen molar-refractivity contribution in [2.24, 2.45) is 23.7 Å². The lowest BCUT2D eigenvalue weighted by atomic mass is 9.84. The number of esters is 1. The molecule has 0 radical (unpaired) electrons. The molecular formula is C105H130N8O16S. The SMILES string of the molecule is CCCC[C@@H](C(=O)N(C)[C@@H](CCCC)C(=O)N[C@@H](CC(C)C)C(=O)C[C@@H](CSC(c1ccccc1)(c1ccccc1)c1ccccc1)C(=O)NCC(=O)CC)N(C)C(=O)[C@@H](CC(=O)[C@H](CCNC(=O)OC(C)(C)C)NC(=O)[C@@H](CC(=O)OCC1c2ccccc2-c2ccccc21)Cc1cn(C(=O)OC(C)(C)C)c2ccccc12)Cc1cn(C(=O)OC(C)(C)C)c2ccccc12. The summed E-state index contributed by atoms with van der Waals surface area (Å²) in [4.78, 5) is 183. The molecule has 4 N–H and O–H groups in total. The Hall–Kier alpha value is -12.0. The molecule has 24 nitrogen and oxygen atoms in total. The van der Waals surface area contributed by atoms with E-state index in [4.69, 9.17) is 18.9 Å². The number of likely N-dealkylation sites (N-methyl/N-ethyl adjacent to an activating group) is 2. The maximum Gasteiger partial charge on any atom is 0.419 e. The molecule has 9 aromatic rings. The van der Waals surface area contributed by atoms with Crippen LogP contribution in [0.4, 0.5) is 14.4 Å². The second kappa shape index (κ2) is 45.5. The van der Waals surface area contributed by atoms with Crippen molar-refractivity contribution in [1.29, 1.82) is 0 Å². The predicted octanol–water partition coefficient (Wildman–Crippen LogP) is 18.2. The Bertz CT molecular complexity index is 5310. The van der Waals surface area contributed by atoms with Gasteiger partial charge in [0.1, 0.15) is 35.5 Å². The maximum absolute atomic E-state index is 16.5. The molecule has 10 rings (SSSR count). The van der Waals surface area contributed by atoms with Crippen LogP contribution in [0.5, 0.6) is 0 Å². The number of amides is 6. The van der Waals surface area contributed by atoms with Crippen LogP contribution in [-0.4, -0.2) is 171 Å². The van der Waals surface area contributed by atoms with Gasteiger partial charge in [-0.1, -0.05) is 236 Å². The zero-order chi connectivity index (χ0) is 94.4. The zero-order valence-electron chi connectivity index (χ0n) is 78.2. The third-order valence-corrected chi connectivity index (χ3v) is 25.2. The largest absolute Gasteiger partial charge is 0.465 e. The molecule has 0 saturated heterocycles. The number of hydrogen-bond donors (Lipinski definition) is 4. The Morgan fingerprint density at radius 1 is 0.462 bits per heavy atom. The molecule has 25 heteroatoms. The number of nitrogens with one attached hydrogen (secondary N) is 4. The minimum atomic E-state index is -1.52. The van der Waals surface area contributed by atoms with E-state index in [0.717, 1.165) is 38.9 Å². The van der Waals surface area contributed by atoms with E-state index in [9.17, 15) is 28.8 Å². The molecule has 2 heterocycles. The lowest BCUT2D eigenvalue weighted by Gasteiger charge is -2.37. The van der Waals surface area contributed by atoms with Gasteiger partial charge in [-0.25, -0.2) is 14.4 Å². The number of carbonyl (C=O) groups excluding carboxylic acids is 12. The van der Waals surface area contributed by atoms with Gasteiger partial charge in [0, 0.05) is 80.7 Å². The second-order valence-corrected chi connectivity index (χ2v) is 38.6. The molecule has 6 amide bonds. The third kappa shape index (κ3) is 26.4. The van der Waals surface area contributed by atoms with E-state index in [-0.39, 0.29) is 94.4 Å². The number of rotatable bonds is 43. The number of Topliss-reactive ketones (excluding diaryl/α,β-unsaturated/α-hetero) is 3. The van der Waals surface area contributed by atoms with E-state index >= 15 is 28.8 Å². The number of benzene rings is 7. The van der Waals surface area contributed by atoms with Crippen molar-refractivity contribution >= 4 is 105 Å². The average molecular weight is 1790 g/mol. The van der Waals surface area contributed by atoms with Crippen LogP contribution in [0.3, 0.4) is 0 Å². The molecular weight excluding hydrogens is 1660 g/mol. The Labute approximate surface area is 769 Å². The molecule has 0 fully saturated rings. The summed E-state index contributed by atoms with van der Waals surface area (Å²) in [6.07, 6.45) is 1.27. The Kier molecular flexibility index (Phi) is 35.1. The molecule has 130 heavy (non-hydrogen) atoms. The quantitative estimate of drug-likeness (QED) is 0.0157. The smallest absolute Gasteiger partial charge is 0.419 e. The number of carbonyl (C=O) groups is 12. The third-order valence-electron chi connectivity index (χ3n) is 23.5. The highest BCUT2D eigenvalue weighted by Gasteiger charge is 2.44. The van der Waals surface area contributed by atoms with Crippen LogP contribution >= 0.6 is 11.8 Å². The van der Waals surface area contributed by atoms with Crippen molar-refractivity contribution < 1.29 is 76.5 Å². The second-order valence-electron chi connectivity index (χ2n) is 37.4. The average Bonchev–Trinajstić information content (AvgIpc) is 1.50. The number of aromatic nitrogens is 2. The minimum Gasteiger partial charge on any atom is -0.465 e. The molecule has 0 aliphatic heterocycles. The summed E-state index contributed by atoms with van der Waals surface area (Å²) in [5.74, 6) is -9.46. The van der Waals surface area contributed by atoms with Gasteiger partial charge in [0.05, 0.1) is 52.7 Å². The Morgan fingerprint density at radius 3 is 1.38 bits per heavy atom. The first-order chi connectivity index (χ1) is 61.8. The molecule has 7 aromatic carbocycles. The van der Waals surface area contributed by atoms with E-state index < -0.39 is 142 Å². The summed E-state index contributed by atoms with van der Waals surface area (Å²) in [6.45, 7) is 24.3. The number of alkyl carbamates (subject to hydrolysis) is 1. The van der Waals surface area contributed by atoms with E-state index in [1.165, 1.54) is 44.8 Å². The van der Waals surface area contributed by atoms with Gasteiger partial charge in [-0.3, -0.25) is 52.3 Å². The molecule has 1 aliphatic carbocycles. The molecule has 0 spiro atoms. The fourth-order valence-corrected chi connectivity index (χ4v) is 18.6. The number of para-hydroxylation sites is 2. The van der Waals surface area contributed by atoms with Crippen LogP contribution in [0.2, 0.25) is 0 Å². The normalized spacial score (nSPS) is 13.9. The zero-order valence-corrected chi connectivity index (χ0v) is 79.0. The van der Waals surface area contributed by atoms with Crippen LogP contribution < -0.4 is 21.3 Å². The van der Waals surface area contributed by atoms with Crippen LogP contribution in [0.25, 0.3) is 32.9 Å². The molecule has 0 saturated carbocycles. The van der Waals surface area contributed by atoms with Gasteiger partial charge in [-0.15, -0.1) is 11.8 Å². The van der Waals surface area contributed by atoms with Crippen molar-refractivity contribution in [3.8, 4) is 11.1 Å². The Balaban J connectivity index is 0.991. The summed E-state index contributed by atoms with van der Waals surface area (Å²) >= 11 is 1.49. The molecule has 692 valence electrons. The topological polar surface area (TPSA) is 306 Å². The first-order valence-corrected chi connectivity index (χ1v) is 46.6. The lowest BCUT2D eigenvalue weighted by molar-refractivity contribution is -0.150. The van der Waals surface area contributed by atoms with E-state index in [1.54, 1.807) is 130 Å². The summed E-state index contributed by atoms with van der Waals surface area (Å²) in [6, 6.07) is 54.4. The lowest BCUT2D eigenvalue weighted by Crippen LogP contribution is -2.57. The van der Waals surface area contributed by atoms with E-state index in [1.807, 2.05) is 167 Å². The number of ketones is 3. The van der Waals surface area contributed by atoms with Crippen molar-refractivity contribution in [2.75, 3.05) is 39.5 Å². The van der Waals surface area contributed by atoms with Gasteiger partial charge in [0.25, 0.3) is 0 Å². The fraction of sp³-hybridized carbons (Fsp3) is 0.448. The number of ether oxygens (including phenoxy) is 4. The molecule has 1 aliphatic rings.